The zero-order chi connectivity index (χ0) is 17.5. The van der Waals surface area contributed by atoms with Gasteiger partial charge in [-0.05, 0) is 41.8 Å². The lowest BCUT2D eigenvalue weighted by Gasteiger charge is -2.34. The van der Waals surface area contributed by atoms with Gasteiger partial charge in [-0.3, -0.25) is 9.88 Å². The van der Waals surface area contributed by atoms with Gasteiger partial charge in [0.15, 0.2) is 0 Å². The largest absolute Gasteiger partial charge is 0.334 e. The van der Waals surface area contributed by atoms with Crippen LogP contribution in [0.3, 0.4) is 0 Å². The fraction of sp³-hybridized carbons (Fsp3) is 0.368. The van der Waals surface area contributed by atoms with E-state index in [4.69, 9.17) is 11.6 Å². The van der Waals surface area contributed by atoms with Crippen LogP contribution in [0.4, 0.5) is 4.79 Å². The van der Waals surface area contributed by atoms with E-state index in [2.05, 4.69) is 21.3 Å². The van der Waals surface area contributed by atoms with Crippen molar-refractivity contribution in [2.45, 2.75) is 13.0 Å². The second kappa shape index (κ2) is 8.83. The summed E-state index contributed by atoms with van der Waals surface area (Å²) < 4.78 is 0. The molecule has 6 heteroatoms. The third-order valence-corrected chi connectivity index (χ3v) is 4.69. The highest BCUT2D eigenvalue weighted by Crippen LogP contribution is 2.12. The second-order valence-corrected chi connectivity index (χ2v) is 6.66. The predicted molar refractivity (Wildman–Crippen MR) is 99.6 cm³/mol. The minimum absolute atomic E-state index is 0.00584. The summed E-state index contributed by atoms with van der Waals surface area (Å²) in [5, 5.41) is 3.76. The van der Waals surface area contributed by atoms with Crippen molar-refractivity contribution in [2.24, 2.45) is 0 Å². The number of hydrogen-bond acceptors (Lipinski definition) is 3. The molecule has 1 aromatic heterocycles. The van der Waals surface area contributed by atoms with Gasteiger partial charge < -0.3 is 10.2 Å². The Morgan fingerprint density at radius 3 is 2.56 bits per heavy atom. The van der Waals surface area contributed by atoms with E-state index in [1.807, 2.05) is 35.2 Å². The van der Waals surface area contributed by atoms with Crippen molar-refractivity contribution in [3.63, 3.8) is 0 Å². The molecule has 2 aromatic rings. The normalized spacial score (nSPS) is 15.2. The lowest BCUT2D eigenvalue weighted by molar-refractivity contribution is 0.140. The summed E-state index contributed by atoms with van der Waals surface area (Å²) >= 11 is 6.03. The molecule has 1 saturated heterocycles. The van der Waals surface area contributed by atoms with E-state index >= 15 is 0 Å². The zero-order valence-corrected chi connectivity index (χ0v) is 15.0. The first-order chi connectivity index (χ1) is 12.2. The molecule has 2 heterocycles. The average molecular weight is 359 g/mol. The number of hydrogen-bond donors (Lipinski definition) is 1. The van der Waals surface area contributed by atoms with E-state index in [9.17, 15) is 4.79 Å². The van der Waals surface area contributed by atoms with Crippen molar-refractivity contribution in [3.8, 4) is 0 Å². The number of urea groups is 1. The summed E-state index contributed by atoms with van der Waals surface area (Å²) in [5.41, 5.74) is 2.31. The van der Waals surface area contributed by atoms with E-state index < -0.39 is 0 Å². The van der Waals surface area contributed by atoms with Crippen LogP contribution in [0, 0.1) is 0 Å². The Hall–Kier alpha value is -2.11. The van der Waals surface area contributed by atoms with Crippen molar-refractivity contribution in [3.05, 3.63) is 64.9 Å². The molecule has 0 saturated carbocycles. The Labute approximate surface area is 153 Å². The van der Waals surface area contributed by atoms with Crippen LogP contribution < -0.4 is 5.32 Å². The fourth-order valence-electron chi connectivity index (χ4n) is 2.94. The van der Waals surface area contributed by atoms with Crippen LogP contribution in [0.25, 0.3) is 0 Å². The quantitative estimate of drug-likeness (QED) is 0.894. The van der Waals surface area contributed by atoms with E-state index in [-0.39, 0.29) is 6.03 Å². The Kier molecular flexibility index (Phi) is 6.25. The summed E-state index contributed by atoms with van der Waals surface area (Å²) in [6.07, 6.45) is 4.45. The van der Waals surface area contributed by atoms with Crippen LogP contribution in [-0.4, -0.2) is 53.5 Å². The van der Waals surface area contributed by atoms with Gasteiger partial charge in [-0.2, -0.15) is 0 Å². The molecule has 1 fully saturated rings. The Morgan fingerprint density at radius 2 is 1.84 bits per heavy atom. The fourth-order valence-corrected chi connectivity index (χ4v) is 3.16. The van der Waals surface area contributed by atoms with Crippen LogP contribution in [0.2, 0.25) is 5.02 Å². The molecule has 1 aliphatic heterocycles. The first-order valence-electron chi connectivity index (χ1n) is 8.59. The molecular weight excluding hydrogens is 336 g/mol. The maximum atomic E-state index is 12.3. The maximum absolute atomic E-state index is 12.3. The first-order valence-corrected chi connectivity index (χ1v) is 8.97. The number of amides is 2. The molecule has 3 rings (SSSR count). The lowest BCUT2D eigenvalue weighted by atomic mass is 10.1. The predicted octanol–water partition coefficient (Wildman–Crippen LogP) is 2.80. The summed E-state index contributed by atoms with van der Waals surface area (Å²) in [7, 11) is 0. The van der Waals surface area contributed by atoms with Crippen molar-refractivity contribution in [1.82, 2.24) is 20.1 Å². The van der Waals surface area contributed by atoms with Gasteiger partial charge in [-0.1, -0.05) is 23.7 Å². The molecule has 0 unspecified atom stereocenters. The summed E-state index contributed by atoms with van der Waals surface area (Å²) in [6.45, 7) is 4.87. The Bertz CT molecular complexity index is 687. The van der Waals surface area contributed by atoms with E-state index in [0.29, 0.717) is 6.54 Å². The van der Waals surface area contributed by atoms with E-state index in [0.717, 1.165) is 49.7 Å². The van der Waals surface area contributed by atoms with Gasteiger partial charge in [0.25, 0.3) is 0 Å². The van der Waals surface area contributed by atoms with Gasteiger partial charge in [0, 0.05) is 56.7 Å². The molecule has 1 aliphatic rings. The van der Waals surface area contributed by atoms with Crippen LogP contribution in [0.5, 0.6) is 0 Å². The summed E-state index contributed by atoms with van der Waals surface area (Å²) in [6, 6.07) is 11.8. The maximum Gasteiger partial charge on any atom is 0.317 e. The molecule has 25 heavy (non-hydrogen) atoms. The Morgan fingerprint density at radius 1 is 1.08 bits per heavy atom. The number of aromatic nitrogens is 1. The number of carbonyl (C=O) groups excluding carboxylic acids is 1. The molecule has 1 aromatic carbocycles. The van der Waals surface area contributed by atoms with Crippen molar-refractivity contribution in [2.75, 3.05) is 32.7 Å². The molecule has 0 atom stereocenters. The highest BCUT2D eigenvalue weighted by molar-refractivity contribution is 6.30. The van der Waals surface area contributed by atoms with Crippen LogP contribution in [0.1, 0.15) is 11.1 Å². The van der Waals surface area contributed by atoms with E-state index in [1.165, 1.54) is 5.56 Å². The highest BCUT2D eigenvalue weighted by atomic mass is 35.5. The Balaban J connectivity index is 1.38. The van der Waals surface area contributed by atoms with Crippen LogP contribution >= 0.6 is 11.6 Å². The average Bonchev–Trinajstić information content (AvgIpc) is 2.66. The first kappa shape index (κ1) is 17.7. The number of benzene rings is 1. The monoisotopic (exact) mass is 358 g/mol. The number of halogens is 1. The van der Waals surface area contributed by atoms with Crippen LogP contribution in [-0.2, 0) is 13.0 Å². The molecule has 132 valence electrons. The molecule has 0 radical (unpaired) electrons. The van der Waals surface area contributed by atoms with Gasteiger partial charge in [-0.25, -0.2) is 4.79 Å². The lowest BCUT2D eigenvalue weighted by Crippen LogP contribution is -2.51. The number of piperazine rings is 1. The van der Waals surface area contributed by atoms with Gasteiger partial charge in [-0.15, -0.1) is 0 Å². The van der Waals surface area contributed by atoms with Gasteiger partial charge in [0.05, 0.1) is 0 Å². The number of carbonyl (C=O) groups is 1. The van der Waals surface area contributed by atoms with Crippen molar-refractivity contribution in [1.29, 1.82) is 0 Å². The van der Waals surface area contributed by atoms with Crippen LogP contribution in [0.15, 0.2) is 48.8 Å². The van der Waals surface area contributed by atoms with Crippen molar-refractivity contribution < 1.29 is 4.79 Å². The number of rotatable bonds is 5. The molecule has 0 spiro atoms. The standard InChI is InChI=1S/C19H23ClN4O/c20-18-3-1-2-16(14-18)6-9-23-10-12-24(13-11-23)19(25)22-15-17-4-7-21-8-5-17/h1-5,7-8,14H,6,9-13,15H2,(H,22,25). The number of nitrogens with one attached hydrogen (secondary N) is 1. The SMILES string of the molecule is O=C(NCc1ccncc1)N1CCN(CCc2cccc(Cl)c2)CC1. The minimum Gasteiger partial charge on any atom is -0.334 e. The molecule has 0 bridgehead atoms. The molecule has 5 nitrogen and oxygen atoms in total. The smallest absolute Gasteiger partial charge is 0.317 e. The van der Waals surface area contributed by atoms with Crippen molar-refractivity contribution >= 4 is 17.6 Å². The molecule has 0 aliphatic carbocycles. The number of pyridine rings is 1. The third kappa shape index (κ3) is 5.44. The molecule has 1 N–H and O–H groups in total. The minimum atomic E-state index is 0.00584. The summed E-state index contributed by atoms with van der Waals surface area (Å²) in [5.74, 6) is 0. The summed E-state index contributed by atoms with van der Waals surface area (Å²) in [4.78, 5) is 20.5. The molecular formula is C19H23ClN4O. The van der Waals surface area contributed by atoms with Gasteiger partial charge in [0.1, 0.15) is 0 Å². The van der Waals surface area contributed by atoms with Gasteiger partial charge >= 0.3 is 6.03 Å². The van der Waals surface area contributed by atoms with E-state index in [1.54, 1.807) is 12.4 Å². The molecule has 2 amide bonds. The second-order valence-electron chi connectivity index (χ2n) is 6.22. The van der Waals surface area contributed by atoms with Gasteiger partial charge in [0.2, 0.25) is 0 Å². The number of nitrogens with zero attached hydrogens (tertiary/aromatic N) is 3. The topological polar surface area (TPSA) is 48.5 Å². The highest BCUT2D eigenvalue weighted by Gasteiger charge is 2.20. The zero-order valence-electron chi connectivity index (χ0n) is 14.2. The third-order valence-electron chi connectivity index (χ3n) is 4.46.